The number of fused-ring (bicyclic) bond motifs is 20. The first kappa shape index (κ1) is 32.3. The van der Waals surface area contributed by atoms with E-state index in [2.05, 4.69) is 42.5 Å². The summed E-state index contributed by atoms with van der Waals surface area (Å²) in [5.41, 5.74) is 0. The molecule has 9 rings (SSSR count). The second-order valence-electron chi connectivity index (χ2n) is 16.3. The largest absolute Gasteiger partial charge is 0.286 e. The van der Waals surface area contributed by atoms with Crippen LogP contribution in [0.15, 0.2) is 0 Å². The second-order valence-corrected chi connectivity index (χ2v) is 18.1. The summed E-state index contributed by atoms with van der Waals surface area (Å²) in [6.07, 6.45) is 19.6. The molecule has 5 heterocycles. The normalized spacial score (nSPS) is 54.3. The van der Waals surface area contributed by atoms with Crippen molar-refractivity contribution in [2.75, 3.05) is 0 Å². The van der Waals surface area contributed by atoms with Crippen LogP contribution in [0.5, 0.6) is 0 Å². The Balaban J connectivity index is 0.00000300. The van der Waals surface area contributed by atoms with Gasteiger partial charge in [0, 0.05) is 23.0 Å². The average Bonchev–Trinajstić information content (AvgIpc) is 3.76. The van der Waals surface area contributed by atoms with E-state index in [4.69, 9.17) is 5.14 Å². The van der Waals surface area contributed by atoms with Gasteiger partial charge in [0.1, 0.15) is 0 Å². The molecule has 5 saturated heterocycles. The Hall–Kier alpha value is 0.109. The van der Waals surface area contributed by atoms with Gasteiger partial charge < -0.3 is 0 Å². The van der Waals surface area contributed by atoms with Gasteiger partial charge in [-0.1, -0.05) is 44.9 Å². The summed E-state index contributed by atoms with van der Waals surface area (Å²) < 4.78 is 26.1. The fourth-order valence-electron chi connectivity index (χ4n) is 12.4. The van der Waals surface area contributed by atoms with Crippen molar-refractivity contribution in [1.82, 2.24) is 42.5 Å². The smallest absolute Gasteiger partial charge is 0.212 e. The fraction of sp³-hybridized carbons (Fsp3) is 1.00. The first-order valence-corrected chi connectivity index (χ1v) is 20.1. The monoisotopic (exact) mass is 687 g/mol. The molecule has 45 heavy (non-hydrogen) atoms. The van der Waals surface area contributed by atoms with Gasteiger partial charge in [-0.3, -0.25) is 42.5 Å². The minimum Gasteiger partial charge on any atom is -0.286 e. The summed E-state index contributed by atoms with van der Waals surface area (Å²) in [6.45, 7) is 0. The predicted molar refractivity (Wildman–Crippen MR) is 169 cm³/mol. The molecule has 17 atom stereocenters. The molecule has 8 bridgehead atoms. The van der Waals surface area contributed by atoms with E-state index < -0.39 is 15.3 Å². The molecule has 4 aliphatic carbocycles. The van der Waals surface area contributed by atoms with E-state index in [1.807, 2.05) is 0 Å². The molecule has 5 aliphatic heterocycles. The van der Waals surface area contributed by atoms with Gasteiger partial charge in [0.05, 0.1) is 54.6 Å². The van der Waals surface area contributed by atoms with Crippen LogP contribution in [0.1, 0.15) is 96.3 Å². The fourth-order valence-corrected chi connectivity index (χ4v) is 13.7. The van der Waals surface area contributed by atoms with Crippen LogP contribution < -0.4 is 47.7 Å². The van der Waals surface area contributed by atoms with Gasteiger partial charge in [0.15, 0.2) is 0 Å². The van der Waals surface area contributed by atoms with E-state index in [-0.39, 0.29) is 65.9 Å². The summed E-state index contributed by atoms with van der Waals surface area (Å²) in [6, 6.07) is 0. The van der Waals surface area contributed by atoms with Gasteiger partial charge in [0.2, 0.25) is 10.0 Å². The maximum atomic E-state index is 13.0. The van der Waals surface area contributed by atoms with Crippen LogP contribution in [0.3, 0.4) is 0 Å². The van der Waals surface area contributed by atoms with Crippen LogP contribution in [-0.2, 0) is 27.1 Å². The maximum Gasteiger partial charge on any atom is 0.212 e. The number of rotatable bonds is 1. The zero-order valence-electron chi connectivity index (χ0n) is 26.6. The van der Waals surface area contributed by atoms with Crippen molar-refractivity contribution in [3.63, 3.8) is 0 Å². The Labute approximate surface area is 280 Å². The third-order valence-electron chi connectivity index (χ3n) is 14.3. The van der Waals surface area contributed by atoms with Crippen LogP contribution in [0.2, 0.25) is 0 Å². The van der Waals surface area contributed by atoms with Crippen LogP contribution in [0.4, 0.5) is 0 Å². The first-order valence-electron chi connectivity index (χ1n) is 18.5. The number of hydrogen-bond donors (Lipinski definition) is 9. The molecule has 4 saturated carbocycles. The molecule has 9 aliphatic rings. The molecule has 0 amide bonds. The molecular weight excluding hydrogens is 630 g/mol. The zero-order chi connectivity index (χ0) is 29.6. The van der Waals surface area contributed by atoms with E-state index in [0.29, 0.717) is 54.3 Å². The summed E-state index contributed by atoms with van der Waals surface area (Å²) in [7, 11) is -3.66. The number of primary sulfonamides is 1. The summed E-state index contributed by atoms with van der Waals surface area (Å²) in [5, 5.41) is 38.2. The van der Waals surface area contributed by atoms with Crippen LogP contribution in [-0.4, -0.2) is 63.0 Å². The predicted octanol–water partition coefficient (Wildman–Crippen LogP) is 0.870. The van der Waals surface area contributed by atoms with Crippen molar-refractivity contribution < 1.29 is 25.5 Å². The van der Waals surface area contributed by atoms with Crippen molar-refractivity contribution in [2.24, 2.45) is 52.5 Å². The number of hydrogen-bond acceptors (Lipinski definition) is 10. The van der Waals surface area contributed by atoms with Gasteiger partial charge in [-0.15, -0.1) is 0 Å². The van der Waals surface area contributed by atoms with Crippen molar-refractivity contribution >= 4 is 10.0 Å². The molecule has 9 fully saturated rings. The minimum absolute atomic E-state index is 0. The van der Waals surface area contributed by atoms with Crippen molar-refractivity contribution in [1.29, 1.82) is 0 Å². The first-order chi connectivity index (χ1) is 21.4. The molecule has 0 aromatic rings. The third kappa shape index (κ3) is 5.70. The Kier molecular flexibility index (Phi) is 9.17. The molecule has 0 aromatic carbocycles. The molecule has 0 spiro atoms. The second kappa shape index (κ2) is 12.8. The van der Waals surface area contributed by atoms with Crippen LogP contribution in [0, 0.1) is 47.3 Å². The van der Waals surface area contributed by atoms with E-state index in [9.17, 15) is 8.42 Å². The molecule has 0 radical (unpaired) electrons. The SMILES string of the molecule is NS(=O)(=O)C1CCCC2C3NC4NC(NC5NC(NC6NC(NC(N3)C21)C1CCCCC61)C1CCCCC51)C1CCCCC41.[Fe]. The van der Waals surface area contributed by atoms with Crippen molar-refractivity contribution in [3.05, 3.63) is 0 Å². The Morgan fingerprint density at radius 2 is 0.644 bits per heavy atom. The van der Waals surface area contributed by atoms with Gasteiger partial charge in [0.25, 0.3) is 0 Å². The Morgan fingerprint density at radius 1 is 0.378 bits per heavy atom. The van der Waals surface area contributed by atoms with Crippen LogP contribution in [0.25, 0.3) is 0 Å². The van der Waals surface area contributed by atoms with Gasteiger partial charge in [-0.2, -0.15) is 0 Å². The number of nitrogens with one attached hydrogen (secondary N) is 8. The standard InChI is InChI=1S/C32H57N9O2S.Fe/c33-44(42,43)23-15-7-14-22-24(23)32-40-30-21-13-6-5-12-20(21)28(38-30)36-26-17-9-2-1-8-16(17)25(34-26)35-27-18-10-3-4-11-19(18)29(37-27)39-31(22)41-32;/h16-32,34-41H,1-15H2,(H2,33,42,43);. The van der Waals surface area contributed by atoms with E-state index in [1.165, 1.54) is 77.0 Å². The molecular formula is C32H57FeN9O2S. The minimum atomic E-state index is -3.66. The molecule has 11 nitrogen and oxygen atoms in total. The maximum absolute atomic E-state index is 13.0. The Morgan fingerprint density at radius 3 is 0.956 bits per heavy atom. The third-order valence-corrected chi connectivity index (χ3v) is 15.6. The zero-order valence-corrected chi connectivity index (χ0v) is 28.5. The number of sulfonamides is 1. The summed E-state index contributed by atoms with van der Waals surface area (Å²) >= 11 is 0. The Bertz CT molecular complexity index is 1180. The average molecular weight is 688 g/mol. The summed E-state index contributed by atoms with van der Waals surface area (Å²) in [5.74, 6) is 3.83. The van der Waals surface area contributed by atoms with Gasteiger partial charge in [-0.05, 0) is 92.8 Å². The van der Waals surface area contributed by atoms with E-state index in [1.54, 1.807) is 0 Å². The molecule has 0 aromatic heterocycles. The quantitative estimate of drug-likeness (QED) is 0.182. The summed E-state index contributed by atoms with van der Waals surface area (Å²) in [4.78, 5) is 0. The number of nitrogens with two attached hydrogens (primary N) is 1. The van der Waals surface area contributed by atoms with Crippen LogP contribution >= 0.6 is 0 Å². The topological polar surface area (TPSA) is 156 Å². The van der Waals surface area contributed by atoms with Gasteiger partial charge >= 0.3 is 0 Å². The van der Waals surface area contributed by atoms with E-state index in [0.717, 1.165) is 12.8 Å². The molecule has 13 heteroatoms. The molecule has 17 unspecified atom stereocenters. The van der Waals surface area contributed by atoms with Gasteiger partial charge in [-0.25, -0.2) is 13.6 Å². The van der Waals surface area contributed by atoms with Crippen molar-refractivity contribution in [2.45, 2.75) is 151 Å². The van der Waals surface area contributed by atoms with E-state index >= 15 is 0 Å². The van der Waals surface area contributed by atoms with Crippen molar-refractivity contribution in [3.8, 4) is 0 Å². The molecule has 10 N–H and O–H groups in total. The molecule has 256 valence electrons.